The van der Waals surface area contributed by atoms with E-state index in [0.29, 0.717) is 5.02 Å². The van der Waals surface area contributed by atoms with Crippen molar-refractivity contribution >= 4 is 34.6 Å². The van der Waals surface area contributed by atoms with Crippen LogP contribution in [0.25, 0.3) is 0 Å². The van der Waals surface area contributed by atoms with Gasteiger partial charge in [0, 0.05) is 10.7 Å². The molecule has 18 heavy (non-hydrogen) atoms. The minimum atomic E-state index is -0.498. The standard InChI is InChI=1S/C13H12ClNO2S/c1-17-13(16)12(9-6-7-18-8-9)15-11-4-2-10(14)3-5-11/h2-8,12,15H,1H3. The molecule has 0 bridgehead atoms. The highest BCUT2D eigenvalue weighted by molar-refractivity contribution is 7.08. The van der Waals surface area contributed by atoms with E-state index in [1.165, 1.54) is 18.4 Å². The lowest BCUT2D eigenvalue weighted by molar-refractivity contribution is -0.141. The van der Waals surface area contributed by atoms with Crippen LogP contribution < -0.4 is 5.32 Å². The lowest BCUT2D eigenvalue weighted by Crippen LogP contribution is -2.21. The van der Waals surface area contributed by atoms with Crippen molar-refractivity contribution in [3.8, 4) is 0 Å². The van der Waals surface area contributed by atoms with Crippen molar-refractivity contribution in [2.45, 2.75) is 6.04 Å². The summed E-state index contributed by atoms with van der Waals surface area (Å²) in [6.07, 6.45) is 0. The molecule has 3 nitrogen and oxygen atoms in total. The zero-order valence-electron chi connectivity index (χ0n) is 9.72. The number of anilines is 1. The smallest absolute Gasteiger partial charge is 0.333 e. The summed E-state index contributed by atoms with van der Waals surface area (Å²) in [7, 11) is 1.38. The number of nitrogens with one attached hydrogen (secondary N) is 1. The first-order valence-corrected chi connectivity index (χ1v) is 6.65. The van der Waals surface area contributed by atoms with Crippen LogP contribution in [-0.2, 0) is 9.53 Å². The van der Waals surface area contributed by atoms with Crippen molar-refractivity contribution in [1.82, 2.24) is 0 Å². The van der Waals surface area contributed by atoms with Crippen molar-refractivity contribution in [3.05, 3.63) is 51.7 Å². The van der Waals surface area contributed by atoms with Crippen LogP contribution in [0.3, 0.4) is 0 Å². The first kappa shape index (κ1) is 12.9. The number of ether oxygens (including phenoxy) is 1. The van der Waals surface area contributed by atoms with Crippen molar-refractivity contribution in [1.29, 1.82) is 0 Å². The highest BCUT2D eigenvalue weighted by Gasteiger charge is 2.21. The third kappa shape index (κ3) is 3.03. The van der Waals surface area contributed by atoms with Crippen LogP contribution in [0.15, 0.2) is 41.1 Å². The van der Waals surface area contributed by atoms with Crippen molar-refractivity contribution in [3.63, 3.8) is 0 Å². The van der Waals surface area contributed by atoms with E-state index < -0.39 is 6.04 Å². The summed E-state index contributed by atoms with van der Waals surface area (Å²) in [5, 5.41) is 7.64. The van der Waals surface area contributed by atoms with Crippen molar-refractivity contribution in [2.75, 3.05) is 12.4 Å². The Morgan fingerprint density at radius 1 is 1.33 bits per heavy atom. The van der Waals surface area contributed by atoms with Gasteiger partial charge in [0.2, 0.25) is 0 Å². The van der Waals surface area contributed by atoms with Gasteiger partial charge in [-0.25, -0.2) is 4.79 Å². The van der Waals surface area contributed by atoms with Crippen LogP contribution in [0, 0.1) is 0 Å². The number of halogens is 1. The second kappa shape index (κ2) is 5.89. The first-order valence-electron chi connectivity index (χ1n) is 5.32. The van der Waals surface area contributed by atoms with Crippen LogP contribution in [-0.4, -0.2) is 13.1 Å². The Bertz CT molecular complexity index is 510. The average molecular weight is 282 g/mol. The number of methoxy groups -OCH3 is 1. The van der Waals surface area contributed by atoms with Gasteiger partial charge in [-0.15, -0.1) is 0 Å². The van der Waals surface area contributed by atoms with Crippen LogP contribution in [0.5, 0.6) is 0 Å². The second-order valence-corrected chi connectivity index (χ2v) is 4.88. The Labute approximate surface area is 114 Å². The normalized spacial score (nSPS) is 11.9. The van der Waals surface area contributed by atoms with E-state index in [-0.39, 0.29) is 5.97 Å². The topological polar surface area (TPSA) is 38.3 Å². The minimum absolute atomic E-state index is 0.316. The van der Waals surface area contributed by atoms with E-state index in [1.54, 1.807) is 12.1 Å². The number of thiophene rings is 1. The highest BCUT2D eigenvalue weighted by Crippen LogP contribution is 2.23. The van der Waals surface area contributed by atoms with E-state index in [2.05, 4.69) is 5.32 Å². The summed E-state index contributed by atoms with van der Waals surface area (Å²) in [6, 6.07) is 8.59. The molecule has 0 spiro atoms. The summed E-state index contributed by atoms with van der Waals surface area (Å²) < 4.78 is 4.81. The summed E-state index contributed by atoms with van der Waals surface area (Å²) >= 11 is 7.36. The number of rotatable bonds is 4. The molecule has 1 unspecified atom stereocenters. The highest BCUT2D eigenvalue weighted by atomic mass is 35.5. The predicted octanol–water partition coefficient (Wildman–Crippen LogP) is 3.73. The molecular formula is C13H12ClNO2S. The molecule has 1 heterocycles. The van der Waals surface area contributed by atoms with E-state index in [9.17, 15) is 4.79 Å². The monoisotopic (exact) mass is 281 g/mol. The fourth-order valence-corrected chi connectivity index (χ4v) is 2.36. The molecule has 0 fully saturated rings. The lowest BCUT2D eigenvalue weighted by atomic mass is 10.1. The van der Waals surface area contributed by atoms with Crippen LogP contribution in [0.4, 0.5) is 5.69 Å². The maximum absolute atomic E-state index is 11.8. The van der Waals surface area contributed by atoms with Crippen molar-refractivity contribution in [2.24, 2.45) is 0 Å². The number of carbonyl (C=O) groups is 1. The lowest BCUT2D eigenvalue weighted by Gasteiger charge is -2.16. The summed E-state index contributed by atoms with van der Waals surface area (Å²) in [6.45, 7) is 0. The van der Waals surface area contributed by atoms with Gasteiger partial charge in [0.25, 0.3) is 0 Å². The van der Waals surface area contributed by atoms with Gasteiger partial charge in [-0.1, -0.05) is 11.6 Å². The molecule has 1 aromatic heterocycles. The molecule has 0 aliphatic carbocycles. The Hall–Kier alpha value is -1.52. The zero-order chi connectivity index (χ0) is 13.0. The van der Waals surface area contributed by atoms with Gasteiger partial charge in [0.1, 0.15) is 0 Å². The van der Waals surface area contributed by atoms with Gasteiger partial charge in [-0.2, -0.15) is 11.3 Å². The first-order chi connectivity index (χ1) is 8.70. The number of carbonyl (C=O) groups excluding carboxylic acids is 1. The predicted molar refractivity (Wildman–Crippen MR) is 74.2 cm³/mol. The zero-order valence-corrected chi connectivity index (χ0v) is 11.3. The average Bonchev–Trinajstić information content (AvgIpc) is 2.91. The van der Waals surface area contributed by atoms with Crippen molar-refractivity contribution < 1.29 is 9.53 Å². The molecule has 0 aliphatic rings. The molecule has 0 radical (unpaired) electrons. The number of esters is 1. The molecule has 0 aliphatic heterocycles. The fraction of sp³-hybridized carbons (Fsp3) is 0.154. The minimum Gasteiger partial charge on any atom is -0.467 e. The van der Waals surface area contributed by atoms with Crippen LogP contribution in [0.1, 0.15) is 11.6 Å². The molecule has 1 N–H and O–H groups in total. The quantitative estimate of drug-likeness (QED) is 0.868. The van der Waals surface area contributed by atoms with Gasteiger partial charge in [-0.05, 0) is 46.7 Å². The number of hydrogen-bond donors (Lipinski definition) is 1. The molecule has 0 amide bonds. The largest absolute Gasteiger partial charge is 0.467 e. The maximum Gasteiger partial charge on any atom is 0.333 e. The van der Waals surface area contributed by atoms with Gasteiger partial charge < -0.3 is 10.1 Å². The summed E-state index contributed by atoms with van der Waals surface area (Å²) in [5.74, 6) is -0.316. The Morgan fingerprint density at radius 3 is 2.61 bits per heavy atom. The van der Waals surface area contributed by atoms with Crippen LogP contribution >= 0.6 is 22.9 Å². The molecule has 5 heteroatoms. The molecule has 1 atom stereocenters. The molecule has 2 aromatic rings. The van der Waals surface area contributed by atoms with E-state index in [1.807, 2.05) is 29.0 Å². The summed E-state index contributed by atoms with van der Waals surface area (Å²) in [4.78, 5) is 11.8. The Morgan fingerprint density at radius 2 is 2.06 bits per heavy atom. The van der Waals surface area contributed by atoms with E-state index in [4.69, 9.17) is 16.3 Å². The molecule has 1 aromatic carbocycles. The van der Waals surface area contributed by atoms with E-state index >= 15 is 0 Å². The van der Waals surface area contributed by atoms with E-state index in [0.717, 1.165) is 11.3 Å². The molecule has 2 rings (SSSR count). The third-order valence-electron chi connectivity index (χ3n) is 2.47. The maximum atomic E-state index is 11.8. The van der Waals surface area contributed by atoms with Crippen LogP contribution in [0.2, 0.25) is 5.02 Å². The van der Waals surface area contributed by atoms with Gasteiger partial charge in [0.15, 0.2) is 6.04 Å². The Balaban J connectivity index is 2.20. The molecule has 94 valence electrons. The van der Waals surface area contributed by atoms with Gasteiger partial charge in [-0.3, -0.25) is 0 Å². The molecular weight excluding hydrogens is 270 g/mol. The number of benzene rings is 1. The Kier molecular flexibility index (Phi) is 4.23. The van der Waals surface area contributed by atoms with Gasteiger partial charge >= 0.3 is 5.97 Å². The SMILES string of the molecule is COC(=O)C(Nc1ccc(Cl)cc1)c1ccsc1. The molecule has 0 saturated heterocycles. The molecule has 0 saturated carbocycles. The summed E-state index contributed by atoms with van der Waals surface area (Å²) in [5.41, 5.74) is 1.71. The fourth-order valence-electron chi connectivity index (χ4n) is 1.55. The van der Waals surface area contributed by atoms with Gasteiger partial charge in [0.05, 0.1) is 7.11 Å². The second-order valence-electron chi connectivity index (χ2n) is 3.66. The number of hydrogen-bond acceptors (Lipinski definition) is 4. The third-order valence-corrected chi connectivity index (χ3v) is 3.42.